The summed E-state index contributed by atoms with van der Waals surface area (Å²) in [5.74, 6) is 0.515. The van der Waals surface area contributed by atoms with Crippen molar-refractivity contribution in [2.24, 2.45) is 0 Å². The van der Waals surface area contributed by atoms with Crippen LogP contribution in [0.15, 0.2) is 46.9 Å². The largest absolute Gasteiger partial charge is 0.0766 e. The molecule has 90 valence electrons. The molecule has 0 N–H and O–H groups in total. The van der Waals surface area contributed by atoms with Crippen LogP contribution in [0.4, 0.5) is 0 Å². The molecular weight excluding hydrogens is 284 g/mol. The highest BCUT2D eigenvalue weighted by atomic mass is 79.9. The summed E-state index contributed by atoms with van der Waals surface area (Å²) in [5, 5.41) is 0. The predicted octanol–water partition coefficient (Wildman–Crippen LogP) is 5.55. The van der Waals surface area contributed by atoms with Gasteiger partial charge in [-0.05, 0) is 47.2 Å². The first-order valence-electron chi connectivity index (χ1n) is 6.24. The molecule has 0 spiro atoms. The number of rotatable bonds is 1. The van der Waals surface area contributed by atoms with Gasteiger partial charge in [-0.15, -0.1) is 0 Å². The summed E-state index contributed by atoms with van der Waals surface area (Å²) in [5.41, 5.74) is 6.62. The Hall–Kier alpha value is -1.34. The highest BCUT2D eigenvalue weighted by Gasteiger charge is 2.16. The van der Waals surface area contributed by atoms with Crippen molar-refractivity contribution in [3.63, 3.8) is 0 Å². The van der Waals surface area contributed by atoms with Crippen LogP contribution in [0, 0.1) is 6.92 Å². The molecule has 2 aromatic rings. The Morgan fingerprint density at radius 3 is 2.44 bits per heavy atom. The van der Waals surface area contributed by atoms with Crippen molar-refractivity contribution in [3.05, 3.63) is 63.6 Å². The zero-order chi connectivity index (χ0) is 12.7. The second-order valence-corrected chi connectivity index (χ2v) is 5.83. The Kier molecular flexibility index (Phi) is 2.87. The molecule has 1 unspecified atom stereocenters. The summed E-state index contributed by atoms with van der Waals surface area (Å²) in [6, 6.07) is 13.2. The fourth-order valence-electron chi connectivity index (χ4n) is 2.45. The number of allylic oxidation sites excluding steroid dienone is 1. The van der Waals surface area contributed by atoms with Crippen LogP contribution in [-0.4, -0.2) is 0 Å². The molecule has 0 aromatic heterocycles. The average molecular weight is 299 g/mol. The van der Waals surface area contributed by atoms with E-state index in [9.17, 15) is 0 Å². The van der Waals surface area contributed by atoms with Gasteiger partial charge in [-0.2, -0.15) is 0 Å². The quantitative estimate of drug-likeness (QED) is 0.647. The maximum atomic E-state index is 3.69. The maximum Gasteiger partial charge on any atom is 0.0256 e. The van der Waals surface area contributed by atoms with Crippen LogP contribution in [0.3, 0.4) is 0 Å². The Morgan fingerprint density at radius 2 is 1.72 bits per heavy atom. The van der Waals surface area contributed by atoms with Crippen LogP contribution in [-0.2, 0) is 0 Å². The van der Waals surface area contributed by atoms with E-state index in [1.165, 1.54) is 32.3 Å². The number of fused-ring (bicyclic) bond motifs is 1. The van der Waals surface area contributed by atoms with Crippen molar-refractivity contribution in [1.29, 1.82) is 0 Å². The molecule has 0 fully saturated rings. The predicted molar refractivity (Wildman–Crippen MR) is 81.8 cm³/mol. The van der Waals surface area contributed by atoms with Gasteiger partial charge >= 0.3 is 0 Å². The molecule has 1 aliphatic carbocycles. The highest BCUT2D eigenvalue weighted by molar-refractivity contribution is 9.10. The molecule has 0 aliphatic heterocycles. The van der Waals surface area contributed by atoms with E-state index < -0.39 is 0 Å². The fraction of sp³-hybridized carbons (Fsp3) is 0.176. The molecule has 0 bridgehead atoms. The highest BCUT2D eigenvalue weighted by Crippen LogP contribution is 2.38. The first-order chi connectivity index (χ1) is 8.65. The van der Waals surface area contributed by atoms with Crippen molar-refractivity contribution in [2.45, 2.75) is 19.8 Å². The normalized spacial score (nSPS) is 16.9. The number of aryl methyl sites for hydroxylation is 1. The lowest BCUT2D eigenvalue weighted by Gasteiger charge is -2.11. The van der Waals surface area contributed by atoms with Crippen LogP contribution in [0.1, 0.15) is 29.5 Å². The smallest absolute Gasteiger partial charge is 0.0256 e. The van der Waals surface area contributed by atoms with Crippen LogP contribution in [0.5, 0.6) is 0 Å². The van der Waals surface area contributed by atoms with Crippen LogP contribution in [0.2, 0.25) is 0 Å². The van der Waals surface area contributed by atoms with Crippen LogP contribution < -0.4 is 0 Å². The van der Waals surface area contributed by atoms with Crippen molar-refractivity contribution < 1.29 is 0 Å². The standard InChI is InChI=1S/C17H15Br/c1-11-3-6-13(7-4-11)14-9-16-12(2)5-8-15(16)17(18)10-14/h3-10,12H,1-2H3. The zero-order valence-corrected chi connectivity index (χ0v) is 12.2. The van der Waals surface area contributed by atoms with Crippen LogP contribution in [0.25, 0.3) is 17.2 Å². The SMILES string of the molecule is Cc1ccc(-c2cc(Br)c3c(c2)C(C)C=C3)cc1. The topological polar surface area (TPSA) is 0 Å². The van der Waals surface area contributed by atoms with E-state index in [4.69, 9.17) is 0 Å². The molecule has 0 amide bonds. The minimum Gasteiger partial charge on any atom is -0.0766 e. The Bertz CT molecular complexity index is 621. The van der Waals surface area contributed by atoms with Gasteiger partial charge < -0.3 is 0 Å². The maximum absolute atomic E-state index is 3.69. The summed E-state index contributed by atoms with van der Waals surface area (Å²) < 4.78 is 1.19. The van der Waals surface area contributed by atoms with Crippen molar-refractivity contribution in [2.75, 3.05) is 0 Å². The van der Waals surface area contributed by atoms with Gasteiger partial charge in [0.05, 0.1) is 0 Å². The molecule has 1 heteroatoms. The van der Waals surface area contributed by atoms with E-state index in [1.807, 2.05) is 0 Å². The minimum absolute atomic E-state index is 0.515. The molecule has 3 rings (SSSR count). The Balaban J connectivity index is 2.13. The summed E-state index contributed by atoms with van der Waals surface area (Å²) in [7, 11) is 0. The van der Waals surface area contributed by atoms with E-state index in [2.05, 4.69) is 78.3 Å². The molecule has 1 atom stereocenters. The molecule has 18 heavy (non-hydrogen) atoms. The van der Waals surface area contributed by atoms with Gasteiger partial charge in [0.25, 0.3) is 0 Å². The first-order valence-corrected chi connectivity index (χ1v) is 7.03. The van der Waals surface area contributed by atoms with Crippen molar-refractivity contribution in [3.8, 4) is 11.1 Å². The molecular formula is C17H15Br. The average Bonchev–Trinajstić information content (AvgIpc) is 2.73. The first kappa shape index (κ1) is 11.7. The third-order valence-electron chi connectivity index (χ3n) is 3.59. The lowest BCUT2D eigenvalue weighted by Crippen LogP contribution is -1.90. The van der Waals surface area contributed by atoms with Gasteiger partial charge in [0, 0.05) is 4.47 Å². The third-order valence-corrected chi connectivity index (χ3v) is 4.24. The van der Waals surface area contributed by atoms with Crippen molar-refractivity contribution >= 4 is 22.0 Å². The van der Waals surface area contributed by atoms with Gasteiger partial charge in [-0.25, -0.2) is 0 Å². The minimum atomic E-state index is 0.515. The number of hydrogen-bond acceptors (Lipinski definition) is 0. The van der Waals surface area contributed by atoms with Gasteiger partial charge in [0.1, 0.15) is 0 Å². The molecule has 1 aliphatic rings. The van der Waals surface area contributed by atoms with Gasteiger partial charge in [-0.1, -0.05) is 64.8 Å². The second-order valence-electron chi connectivity index (χ2n) is 4.97. The van der Waals surface area contributed by atoms with Crippen LogP contribution >= 0.6 is 15.9 Å². The Labute approximate surface area is 116 Å². The number of hydrogen-bond donors (Lipinski definition) is 0. The molecule has 0 radical (unpaired) electrons. The monoisotopic (exact) mass is 298 g/mol. The second kappa shape index (κ2) is 4.40. The van der Waals surface area contributed by atoms with Gasteiger partial charge in [0.2, 0.25) is 0 Å². The van der Waals surface area contributed by atoms with E-state index >= 15 is 0 Å². The lowest BCUT2D eigenvalue weighted by molar-refractivity contribution is 0.989. The zero-order valence-electron chi connectivity index (χ0n) is 10.6. The van der Waals surface area contributed by atoms with Crippen molar-refractivity contribution in [1.82, 2.24) is 0 Å². The Morgan fingerprint density at radius 1 is 1.00 bits per heavy atom. The summed E-state index contributed by atoms with van der Waals surface area (Å²) in [6.07, 6.45) is 4.47. The molecule has 0 nitrogen and oxygen atoms in total. The van der Waals surface area contributed by atoms with E-state index in [1.54, 1.807) is 0 Å². The van der Waals surface area contributed by atoms with Gasteiger partial charge in [0.15, 0.2) is 0 Å². The summed E-state index contributed by atoms with van der Waals surface area (Å²) in [4.78, 5) is 0. The fourth-order valence-corrected chi connectivity index (χ4v) is 3.06. The molecule has 0 saturated heterocycles. The molecule has 0 heterocycles. The third kappa shape index (κ3) is 1.93. The lowest BCUT2D eigenvalue weighted by atomic mass is 9.96. The van der Waals surface area contributed by atoms with E-state index in [-0.39, 0.29) is 0 Å². The van der Waals surface area contributed by atoms with E-state index in [0.29, 0.717) is 5.92 Å². The molecule has 0 saturated carbocycles. The number of benzene rings is 2. The summed E-state index contributed by atoms with van der Waals surface area (Å²) in [6.45, 7) is 4.36. The van der Waals surface area contributed by atoms with E-state index in [0.717, 1.165) is 0 Å². The molecule has 2 aromatic carbocycles. The van der Waals surface area contributed by atoms with Gasteiger partial charge in [-0.3, -0.25) is 0 Å². The summed E-state index contributed by atoms with van der Waals surface area (Å²) >= 11 is 3.69. The number of halogens is 1.